The molecule has 64 valence electrons. The summed E-state index contributed by atoms with van der Waals surface area (Å²) in [7, 11) is 0. The number of thiazole rings is 1. The zero-order valence-electron chi connectivity index (χ0n) is 6.03. The first-order valence-corrected chi connectivity index (χ1v) is 5.15. The maximum absolute atomic E-state index is 10.4. The number of hydrogen-bond donors (Lipinski definition) is 1. The molecule has 12 heavy (non-hydrogen) atoms. The van der Waals surface area contributed by atoms with Gasteiger partial charge in [-0.1, -0.05) is 22.0 Å². The molecule has 0 aromatic carbocycles. The fourth-order valence-corrected chi connectivity index (χ4v) is 1.51. The number of halogens is 1. The Balaban J connectivity index is 2.77. The minimum atomic E-state index is -0.982. The van der Waals surface area contributed by atoms with Crippen molar-refractivity contribution in [2.45, 2.75) is 0 Å². The highest BCUT2D eigenvalue weighted by Gasteiger charge is 2.05. The lowest BCUT2D eigenvalue weighted by atomic mass is 10.5. The number of aromatic carboxylic acids is 1. The molecule has 0 aliphatic rings. The van der Waals surface area contributed by atoms with E-state index in [1.165, 1.54) is 16.7 Å². The third-order valence-corrected chi connectivity index (χ3v) is 2.27. The lowest BCUT2D eigenvalue weighted by molar-refractivity contribution is 0.0691. The summed E-state index contributed by atoms with van der Waals surface area (Å²) in [5.41, 5.74) is 0.106. The average molecular weight is 248 g/mol. The third-order valence-electron chi connectivity index (χ3n) is 1.09. The quantitative estimate of drug-likeness (QED) is 0.834. The van der Waals surface area contributed by atoms with E-state index in [0.717, 1.165) is 5.33 Å². The Kier molecular flexibility index (Phi) is 3.43. The number of carboxylic acids is 1. The number of nitrogens with zero attached hydrogens (tertiary/aromatic N) is 1. The summed E-state index contributed by atoms with van der Waals surface area (Å²) in [6.45, 7) is 0. The highest BCUT2D eigenvalue weighted by Crippen LogP contribution is 2.11. The summed E-state index contributed by atoms with van der Waals surface area (Å²) in [5, 5.41) is 11.5. The van der Waals surface area contributed by atoms with E-state index in [2.05, 4.69) is 20.9 Å². The van der Waals surface area contributed by atoms with Gasteiger partial charge in [0.1, 0.15) is 5.01 Å². The summed E-state index contributed by atoms with van der Waals surface area (Å²) in [5.74, 6) is -0.982. The van der Waals surface area contributed by atoms with Crippen LogP contribution in [0.25, 0.3) is 6.08 Å². The standard InChI is InChI=1S/C7H6BrNO2S/c8-3-1-2-6-9-5(4-12-6)7(10)11/h1-2,4H,3H2,(H,10,11). The van der Waals surface area contributed by atoms with Crippen molar-refractivity contribution in [1.29, 1.82) is 0 Å². The molecule has 0 amide bonds. The van der Waals surface area contributed by atoms with Crippen LogP contribution in [-0.4, -0.2) is 21.4 Å². The predicted octanol–water partition coefficient (Wildman–Crippen LogP) is 2.25. The smallest absolute Gasteiger partial charge is 0.355 e. The number of carboxylic acid groups (broad SMARTS) is 1. The van der Waals surface area contributed by atoms with Crippen LogP contribution in [0, 0.1) is 0 Å². The van der Waals surface area contributed by atoms with Gasteiger partial charge in [-0.25, -0.2) is 9.78 Å². The molecule has 0 saturated heterocycles. The van der Waals surface area contributed by atoms with E-state index in [1.54, 1.807) is 6.08 Å². The molecule has 0 spiro atoms. The van der Waals surface area contributed by atoms with Crippen molar-refractivity contribution >= 4 is 39.3 Å². The predicted molar refractivity (Wildman–Crippen MR) is 51.9 cm³/mol. The van der Waals surface area contributed by atoms with E-state index >= 15 is 0 Å². The van der Waals surface area contributed by atoms with Gasteiger partial charge in [0.05, 0.1) is 0 Å². The lowest BCUT2D eigenvalue weighted by Gasteiger charge is -1.81. The summed E-state index contributed by atoms with van der Waals surface area (Å²) >= 11 is 4.53. The van der Waals surface area contributed by atoms with Crippen molar-refractivity contribution in [2.75, 3.05) is 5.33 Å². The maximum atomic E-state index is 10.4. The molecule has 1 heterocycles. The Labute approximate surface area is 81.9 Å². The highest BCUT2D eigenvalue weighted by molar-refractivity contribution is 9.09. The largest absolute Gasteiger partial charge is 0.476 e. The second-order valence-corrected chi connectivity index (χ2v) is 3.47. The Morgan fingerprint density at radius 2 is 2.58 bits per heavy atom. The van der Waals surface area contributed by atoms with Gasteiger partial charge in [0.2, 0.25) is 0 Å². The van der Waals surface area contributed by atoms with E-state index < -0.39 is 5.97 Å². The van der Waals surface area contributed by atoms with Crippen LogP contribution < -0.4 is 0 Å². The maximum Gasteiger partial charge on any atom is 0.355 e. The molecule has 1 aromatic rings. The van der Waals surface area contributed by atoms with Crippen molar-refractivity contribution in [3.63, 3.8) is 0 Å². The fraction of sp³-hybridized carbons (Fsp3) is 0.143. The highest BCUT2D eigenvalue weighted by atomic mass is 79.9. The molecule has 1 N–H and O–H groups in total. The van der Waals surface area contributed by atoms with Gasteiger partial charge >= 0.3 is 5.97 Å². The van der Waals surface area contributed by atoms with Gasteiger partial charge in [-0.15, -0.1) is 11.3 Å². The van der Waals surface area contributed by atoms with Crippen molar-refractivity contribution in [1.82, 2.24) is 4.98 Å². The first-order chi connectivity index (χ1) is 5.74. The number of rotatable bonds is 3. The number of carbonyl (C=O) groups is 1. The number of aromatic nitrogens is 1. The Bertz CT molecular complexity index is 308. The molecule has 0 radical (unpaired) electrons. The third kappa shape index (κ3) is 2.42. The summed E-state index contributed by atoms with van der Waals surface area (Å²) in [6.07, 6.45) is 3.65. The van der Waals surface area contributed by atoms with Crippen molar-refractivity contribution in [2.24, 2.45) is 0 Å². The molecule has 0 aliphatic heterocycles. The zero-order valence-corrected chi connectivity index (χ0v) is 8.43. The molecule has 1 rings (SSSR count). The topological polar surface area (TPSA) is 50.2 Å². The molecule has 0 fully saturated rings. The second kappa shape index (κ2) is 4.37. The Morgan fingerprint density at radius 3 is 3.08 bits per heavy atom. The fourth-order valence-electron chi connectivity index (χ4n) is 0.608. The molecule has 0 saturated carbocycles. The summed E-state index contributed by atoms with van der Waals surface area (Å²) < 4.78 is 0. The van der Waals surface area contributed by atoms with Gasteiger partial charge in [0.25, 0.3) is 0 Å². The van der Waals surface area contributed by atoms with Crippen LogP contribution in [-0.2, 0) is 0 Å². The molecular formula is C7H6BrNO2S. The van der Waals surface area contributed by atoms with Gasteiger partial charge in [-0.05, 0) is 6.08 Å². The Hall–Kier alpha value is -0.680. The molecule has 0 aliphatic carbocycles. The van der Waals surface area contributed by atoms with E-state index in [4.69, 9.17) is 5.11 Å². The normalized spacial score (nSPS) is 10.8. The van der Waals surface area contributed by atoms with Gasteiger partial charge in [-0.3, -0.25) is 0 Å². The van der Waals surface area contributed by atoms with Gasteiger partial charge in [0.15, 0.2) is 5.69 Å². The van der Waals surface area contributed by atoms with Crippen LogP contribution in [0.15, 0.2) is 11.5 Å². The van der Waals surface area contributed by atoms with E-state index in [-0.39, 0.29) is 5.69 Å². The van der Waals surface area contributed by atoms with Crippen LogP contribution in [0.1, 0.15) is 15.5 Å². The zero-order chi connectivity index (χ0) is 8.97. The Morgan fingerprint density at radius 1 is 1.83 bits per heavy atom. The average Bonchev–Trinajstić information content (AvgIpc) is 2.48. The van der Waals surface area contributed by atoms with Crippen LogP contribution in [0.2, 0.25) is 0 Å². The number of hydrogen-bond acceptors (Lipinski definition) is 3. The van der Waals surface area contributed by atoms with Crippen molar-refractivity contribution in [3.8, 4) is 0 Å². The molecule has 1 aromatic heterocycles. The molecule has 0 bridgehead atoms. The van der Waals surface area contributed by atoms with Crippen LogP contribution in [0.4, 0.5) is 0 Å². The first-order valence-electron chi connectivity index (χ1n) is 3.15. The molecule has 0 unspecified atom stereocenters. The second-order valence-electron chi connectivity index (χ2n) is 1.93. The summed E-state index contributed by atoms with van der Waals surface area (Å²) in [4.78, 5) is 14.3. The molecular weight excluding hydrogens is 242 g/mol. The minimum absolute atomic E-state index is 0.106. The van der Waals surface area contributed by atoms with E-state index in [9.17, 15) is 4.79 Å². The number of alkyl halides is 1. The number of allylic oxidation sites excluding steroid dienone is 1. The molecule has 5 heteroatoms. The van der Waals surface area contributed by atoms with E-state index in [0.29, 0.717) is 5.01 Å². The van der Waals surface area contributed by atoms with Gasteiger partial charge < -0.3 is 5.11 Å². The SMILES string of the molecule is O=C(O)c1csc(C=CCBr)n1. The molecule has 3 nitrogen and oxygen atoms in total. The van der Waals surface area contributed by atoms with Crippen molar-refractivity contribution in [3.05, 3.63) is 22.2 Å². The lowest BCUT2D eigenvalue weighted by Crippen LogP contribution is -1.95. The van der Waals surface area contributed by atoms with Crippen LogP contribution in [0.5, 0.6) is 0 Å². The van der Waals surface area contributed by atoms with Crippen molar-refractivity contribution < 1.29 is 9.90 Å². The van der Waals surface area contributed by atoms with Gasteiger partial charge in [-0.2, -0.15) is 0 Å². The van der Waals surface area contributed by atoms with E-state index in [1.807, 2.05) is 6.08 Å². The summed E-state index contributed by atoms with van der Waals surface area (Å²) in [6, 6.07) is 0. The molecule has 0 atom stereocenters. The van der Waals surface area contributed by atoms with Gasteiger partial charge in [0, 0.05) is 10.7 Å². The van der Waals surface area contributed by atoms with Crippen LogP contribution >= 0.6 is 27.3 Å². The van der Waals surface area contributed by atoms with Crippen LogP contribution in [0.3, 0.4) is 0 Å². The minimum Gasteiger partial charge on any atom is -0.476 e. The first kappa shape index (κ1) is 9.41. The monoisotopic (exact) mass is 247 g/mol.